The number of piperidine rings is 1. The Morgan fingerprint density at radius 1 is 1.13 bits per heavy atom. The normalized spacial score (nSPS) is 14.8. The predicted molar refractivity (Wildman–Crippen MR) is 110 cm³/mol. The quantitative estimate of drug-likeness (QED) is 0.687. The van der Waals surface area contributed by atoms with E-state index in [0.717, 1.165) is 16.8 Å². The first kappa shape index (κ1) is 20.1. The standard InChI is InChI=1S/C23H23F2N3O2/c1-14-18(19-12-15(24)6-7-21(19)26-14)13-22(29)27-16-8-10-28(11-9-16)23(30)17-4-2-3-5-20(17)25/h2-7,12,16,26H,8-11,13H2,1H3,(H,27,29). The highest BCUT2D eigenvalue weighted by molar-refractivity contribution is 5.94. The van der Waals surface area contributed by atoms with Crippen LogP contribution in [0.25, 0.3) is 10.9 Å². The van der Waals surface area contributed by atoms with Crippen LogP contribution in [0, 0.1) is 18.6 Å². The van der Waals surface area contributed by atoms with Crippen LogP contribution in [0.3, 0.4) is 0 Å². The molecular formula is C23H23F2N3O2. The van der Waals surface area contributed by atoms with E-state index in [0.29, 0.717) is 31.3 Å². The number of rotatable bonds is 4. The van der Waals surface area contributed by atoms with Gasteiger partial charge in [0.15, 0.2) is 0 Å². The largest absolute Gasteiger partial charge is 0.358 e. The Kier molecular flexibility index (Phi) is 5.53. The molecule has 2 N–H and O–H groups in total. The minimum absolute atomic E-state index is 0.0515. The fourth-order valence-electron chi connectivity index (χ4n) is 4.05. The molecule has 156 valence electrons. The summed E-state index contributed by atoms with van der Waals surface area (Å²) in [5, 5.41) is 3.73. The number of hydrogen-bond donors (Lipinski definition) is 2. The first-order valence-electron chi connectivity index (χ1n) is 10.0. The van der Waals surface area contributed by atoms with E-state index in [9.17, 15) is 18.4 Å². The summed E-state index contributed by atoms with van der Waals surface area (Å²) in [4.78, 5) is 29.9. The van der Waals surface area contributed by atoms with Gasteiger partial charge in [0.2, 0.25) is 5.91 Å². The highest BCUT2D eigenvalue weighted by Crippen LogP contribution is 2.24. The van der Waals surface area contributed by atoms with Gasteiger partial charge in [-0.2, -0.15) is 0 Å². The van der Waals surface area contributed by atoms with Crippen molar-refractivity contribution in [1.82, 2.24) is 15.2 Å². The molecule has 1 aliphatic rings. The van der Waals surface area contributed by atoms with Crippen LogP contribution >= 0.6 is 0 Å². The number of carbonyl (C=O) groups is 2. The summed E-state index contributed by atoms with van der Waals surface area (Å²) in [5.74, 6) is -1.32. The van der Waals surface area contributed by atoms with Gasteiger partial charge in [0.1, 0.15) is 11.6 Å². The van der Waals surface area contributed by atoms with Crippen molar-refractivity contribution in [3.05, 3.63) is 70.9 Å². The number of halogens is 2. The summed E-state index contributed by atoms with van der Waals surface area (Å²) in [6.07, 6.45) is 1.37. The van der Waals surface area contributed by atoms with E-state index in [2.05, 4.69) is 10.3 Å². The van der Waals surface area contributed by atoms with Gasteiger partial charge in [-0.3, -0.25) is 9.59 Å². The molecule has 30 heavy (non-hydrogen) atoms. The van der Waals surface area contributed by atoms with Crippen LogP contribution in [-0.4, -0.2) is 40.8 Å². The van der Waals surface area contributed by atoms with Crippen molar-refractivity contribution in [2.24, 2.45) is 0 Å². The maximum absolute atomic E-state index is 13.9. The molecule has 1 aromatic heterocycles. The Morgan fingerprint density at radius 3 is 2.60 bits per heavy atom. The minimum Gasteiger partial charge on any atom is -0.358 e. The number of fused-ring (bicyclic) bond motifs is 1. The lowest BCUT2D eigenvalue weighted by atomic mass is 10.0. The molecule has 0 spiro atoms. The molecule has 1 fully saturated rings. The van der Waals surface area contributed by atoms with Gasteiger partial charge in [-0.25, -0.2) is 8.78 Å². The second kappa shape index (κ2) is 8.26. The molecule has 2 aromatic carbocycles. The predicted octanol–water partition coefficient (Wildman–Crippen LogP) is 3.72. The van der Waals surface area contributed by atoms with Crippen molar-refractivity contribution in [2.45, 2.75) is 32.2 Å². The Hall–Kier alpha value is -3.22. The lowest BCUT2D eigenvalue weighted by Gasteiger charge is -2.32. The van der Waals surface area contributed by atoms with Gasteiger partial charge in [-0.1, -0.05) is 12.1 Å². The second-order valence-corrected chi connectivity index (χ2v) is 7.71. The van der Waals surface area contributed by atoms with Crippen LogP contribution in [0.4, 0.5) is 8.78 Å². The van der Waals surface area contributed by atoms with Crippen molar-refractivity contribution >= 4 is 22.7 Å². The molecule has 7 heteroatoms. The summed E-state index contributed by atoms with van der Waals surface area (Å²) in [6.45, 7) is 2.78. The molecule has 2 amide bonds. The molecule has 1 saturated heterocycles. The molecule has 0 radical (unpaired) electrons. The van der Waals surface area contributed by atoms with E-state index < -0.39 is 5.82 Å². The molecule has 3 aromatic rings. The summed E-state index contributed by atoms with van der Waals surface area (Å²) in [7, 11) is 0. The summed E-state index contributed by atoms with van der Waals surface area (Å²) < 4.78 is 27.5. The molecule has 0 aliphatic carbocycles. The fraction of sp³-hybridized carbons (Fsp3) is 0.304. The van der Waals surface area contributed by atoms with Gasteiger partial charge in [0, 0.05) is 35.7 Å². The van der Waals surface area contributed by atoms with Crippen LogP contribution in [-0.2, 0) is 11.2 Å². The van der Waals surface area contributed by atoms with Gasteiger partial charge in [-0.05, 0) is 55.7 Å². The van der Waals surface area contributed by atoms with E-state index in [1.807, 2.05) is 6.92 Å². The van der Waals surface area contributed by atoms with Crippen molar-refractivity contribution < 1.29 is 18.4 Å². The Labute approximate surface area is 173 Å². The monoisotopic (exact) mass is 411 g/mol. The summed E-state index contributed by atoms with van der Waals surface area (Å²) in [5.41, 5.74) is 2.50. The Bertz CT molecular complexity index is 1100. The number of aromatic amines is 1. The molecule has 0 atom stereocenters. The highest BCUT2D eigenvalue weighted by atomic mass is 19.1. The molecular weight excluding hydrogens is 388 g/mol. The number of aromatic nitrogens is 1. The van der Waals surface area contributed by atoms with E-state index in [4.69, 9.17) is 0 Å². The minimum atomic E-state index is -0.525. The number of nitrogens with one attached hydrogen (secondary N) is 2. The van der Waals surface area contributed by atoms with Crippen LogP contribution in [0.2, 0.25) is 0 Å². The van der Waals surface area contributed by atoms with Crippen molar-refractivity contribution in [1.29, 1.82) is 0 Å². The van der Waals surface area contributed by atoms with E-state index in [1.54, 1.807) is 23.1 Å². The summed E-state index contributed by atoms with van der Waals surface area (Å²) >= 11 is 0. The van der Waals surface area contributed by atoms with Crippen LogP contribution < -0.4 is 5.32 Å². The van der Waals surface area contributed by atoms with Crippen LogP contribution in [0.5, 0.6) is 0 Å². The molecule has 4 rings (SSSR count). The Morgan fingerprint density at radius 2 is 1.87 bits per heavy atom. The van der Waals surface area contributed by atoms with Gasteiger partial charge < -0.3 is 15.2 Å². The topological polar surface area (TPSA) is 65.2 Å². The average molecular weight is 411 g/mol. The number of amides is 2. The third kappa shape index (κ3) is 4.06. The maximum Gasteiger partial charge on any atom is 0.256 e. The van der Waals surface area contributed by atoms with E-state index in [1.165, 1.54) is 24.3 Å². The zero-order valence-corrected chi connectivity index (χ0v) is 16.7. The van der Waals surface area contributed by atoms with Crippen molar-refractivity contribution in [3.8, 4) is 0 Å². The number of benzene rings is 2. The van der Waals surface area contributed by atoms with Gasteiger partial charge in [-0.15, -0.1) is 0 Å². The van der Waals surface area contributed by atoms with Crippen molar-refractivity contribution in [2.75, 3.05) is 13.1 Å². The zero-order chi connectivity index (χ0) is 21.3. The lowest BCUT2D eigenvalue weighted by molar-refractivity contribution is -0.121. The molecule has 0 unspecified atom stereocenters. The fourth-order valence-corrected chi connectivity index (χ4v) is 4.05. The van der Waals surface area contributed by atoms with E-state index >= 15 is 0 Å². The third-order valence-corrected chi connectivity index (χ3v) is 5.67. The first-order valence-corrected chi connectivity index (χ1v) is 10.0. The lowest BCUT2D eigenvalue weighted by Crippen LogP contribution is -2.47. The van der Waals surface area contributed by atoms with Gasteiger partial charge >= 0.3 is 0 Å². The van der Waals surface area contributed by atoms with E-state index in [-0.39, 0.29) is 35.7 Å². The number of nitrogens with zero attached hydrogens (tertiary/aromatic N) is 1. The highest BCUT2D eigenvalue weighted by Gasteiger charge is 2.26. The zero-order valence-electron chi connectivity index (χ0n) is 16.7. The number of carbonyl (C=O) groups excluding carboxylic acids is 2. The maximum atomic E-state index is 13.9. The second-order valence-electron chi connectivity index (χ2n) is 7.71. The van der Waals surface area contributed by atoms with Crippen molar-refractivity contribution in [3.63, 3.8) is 0 Å². The third-order valence-electron chi connectivity index (χ3n) is 5.67. The summed E-state index contributed by atoms with van der Waals surface area (Å²) in [6, 6.07) is 10.4. The smallest absolute Gasteiger partial charge is 0.256 e. The SMILES string of the molecule is Cc1[nH]c2ccc(F)cc2c1CC(=O)NC1CCN(C(=O)c2ccccc2F)CC1. The number of likely N-dealkylation sites (tertiary alicyclic amines) is 1. The average Bonchev–Trinajstić information content (AvgIpc) is 3.03. The van der Waals surface area contributed by atoms with Gasteiger partial charge in [0.25, 0.3) is 5.91 Å². The number of aryl methyl sites for hydroxylation is 1. The molecule has 2 heterocycles. The van der Waals surface area contributed by atoms with Gasteiger partial charge in [0.05, 0.1) is 12.0 Å². The molecule has 0 saturated carbocycles. The molecule has 5 nitrogen and oxygen atoms in total. The van der Waals surface area contributed by atoms with Crippen LogP contribution in [0.1, 0.15) is 34.5 Å². The molecule has 1 aliphatic heterocycles. The first-order chi connectivity index (χ1) is 14.4. The Balaban J connectivity index is 1.35. The number of hydrogen-bond acceptors (Lipinski definition) is 2. The molecule has 0 bridgehead atoms. The van der Waals surface area contributed by atoms with Crippen LogP contribution in [0.15, 0.2) is 42.5 Å². The number of H-pyrrole nitrogens is 1.